The second-order valence-corrected chi connectivity index (χ2v) is 5.68. The SMILES string of the molecule is COc1cccc(O)c1-n1c(SCC(=O)O)nnc1-c1c#ccnc1. The number of carboxylic acid groups (broad SMARTS) is 1. The molecule has 0 aliphatic heterocycles. The Morgan fingerprint density at radius 1 is 1.40 bits per heavy atom. The number of carbonyl (C=O) groups is 1. The van der Waals surface area contributed by atoms with Crippen molar-refractivity contribution in [2.75, 3.05) is 12.9 Å². The number of phenolic OH excluding ortho intramolecular Hbond substituents is 1. The highest BCUT2D eigenvalue weighted by Gasteiger charge is 2.22. The maximum atomic E-state index is 10.9. The number of nitrogens with zero attached hydrogens (tertiary/aromatic N) is 4. The minimum Gasteiger partial charge on any atom is -0.506 e. The van der Waals surface area contributed by atoms with Crippen LogP contribution in [0.2, 0.25) is 0 Å². The number of ether oxygens (including phenoxy) is 1. The van der Waals surface area contributed by atoms with Gasteiger partial charge in [0.25, 0.3) is 0 Å². The Hall–Kier alpha value is -3.25. The van der Waals surface area contributed by atoms with Crippen molar-refractivity contribution >= 4 is 17.7 Å². The Kier molecular flexibility index (Phi) is 4.72. The number of para-hydroxylation sites is 1. The molecule has 0 amide bonds. The van der Waals surface area contributed by atoms with E-state index < -0.39 is 5.97 Å². The normalized spacial score (nSPS) is 10.3. The number of phenols is 1. The Morgan fingerprint density at radius 2 is 2.24 bits per heavy atom. The van der Waals surface area contributed by atoms with Crippen molar-refractivity contribution in [3.63, 3.8) is 0 Å². The number of aromatic nitrogens is 4. The summed E-state index contributed by atoms with van der Waals surface area (Å²) >= 11 is 0.972. The Morgan fingerprint density at radius 3 is 2.92 bits per heavy atom. The van der Waals surface area contributed by atoms with Crippen LogP contribution in [-0.2, 0) is 4.79 Å². The minimum atomic E-state index is -0.994. The molecule has 0 spiro atoms. The van der Waals surface area contributed by atoms with Crippen LogP contribution in [0.15, 0.2) is 35.7 Å². The number of aliphatic carboxylic acids is 1. The van der Waals surface area contributed by atoms with E-state index in [0.29, 0.717) is 22.8 Å². The van der Waals surface area contributed by atoms with Gasteiger partial charge in [-0.15, -0.1) is 10.2 Å². The first kappa shape index (κ1) is 16.6. The van der Waals surface area contributed by atoms with Gasteiger partial charge in [0, 0.05) is 6.20 Å². The van der Waals surface area contributed by atoms with Gasteiger partial charge in [0.2, 0.25) is 0 Å². The maximum Gasteiger partial charge on any atom is 0.313 e. The molecule has 3 rings (SSSR count). The van der Waals surface area contributed by atoms with Crippen molar-refractivity contribution in [3.05, 3.63) is 42.7 Å². The number of benzene rings is 1. The Bertz CT molecular complexity index is 898. The van der Waals surface area contributed by atoms with Gasteiger partial charge in [-0.05, 0) is 18.2 Å². The van der Waals surface area contributed by atoms with E-state index >= 15 is 0 Å². The summed E-state index contributed by atoms with van der Waals surface area (Å²) in [5.41, 5.74) is 0.789. The summed E-state index contributed by atoms with van der Waals surface area (Å²) in [6.45, 7) is 0. The van der Waals surface area contributed by atoms with Gasteiger partial charge in [-0.3, -0.25) is 14.3 Å². The molecule has 0 bridgehead atoms. The zero-order chi connectivity index (χ0) is 17.8. The van der Waals surface area contributed by atoms with Crippen molar-refractivity contribution in [1.29, 1.82) is 0 Å². The highest BCUT2D eigenvalue weighted by Crippen LogP contribution is 2.37. The summed E-state index contributed by atoms with van der Waals surface area (Å²) < 4.78 is 6.84. The topological polar surface area (TPSA) is 110 Å². The molecule has 1 aromatic carbocycles. The number of carboxylic acids is 1. The fourth-order valence-electron chi connectivity index (χ4n) is 2.17. The van der Waals surface area contributed by atoms with Crippen LogP contribution in [0, 0.1) is 12.1 Å². The second-order valence-electron chi connectivity index (χ2n) is 4.74. The summed E-state index contributed by atoms with van der Waals surface area (Å²) in [4.78, 5) is 14.9. The fourth-order valence-corrected chi connectivity index (χ4v) is 2.83. The molecule has 0 aliphatic carbocycles. The molecule has 2 heterocycles. The molecule has 9 heteroatoms. The highest BCUT2D eigenvalue weighted by molar-refractivity contribution is 7.99. The van der Waals surface area contributed by atoms with E-state index in [1.165, 1.54) is 30.1 Å². The smallest absolute Gasteiger partial charge is 0.313 e. The zero-order valence-electron chi connectivity index (χ0n) is 13.0. The van der Waals surface area contributed by atoms with Crippen molar-refractivity contribution in [2.24, 2.45) is 0 Å². The molecule has 126 valence electrons. The molecule has 0 unspecified atom stereocenters. The van der Waals surface area contributed by atoms with Crippen LogP contribution in [0.1, 0.15) is 0 Å². The van der Waals surface area contributed by atoms with Crippen LogP contribution in [0.4, 0.5) is 0 Å². The van der Waals surface area contributed by atoms with Crippen molar-refractivity contribution < 1.29 is 19.7 Å². The summed E-state index contributed by atoms with van der Waals surface area (Å²) in [6.07, 6.45) is 2.97. The Labute approximate surface area is 147 Å². The van der Waals surface area contributed by atoms with Crippen LogP contribution in [-0.4, -0.2) is 48.8 Å². The maximum absolute atomic E-state index is 10.9. The van der Waals surface area contributed by atoms with E-state index in [-0.39, 0.29) is 16.7 Å². The number of thioether (sulfide) groups is 1. The second kappa shape index (κ2) is 7.11. The molecule has 2 aromatic heterocycles. The van der Waals surface area contributed by atoms with Crippen molar-refractivity contribution in [3.8, 4) is 28.6 Å². The molecule has 0 radical (unpaired) electrons. The monoisotopic (exact) mass is 356 g/mol. The lowest BCUT2D eigenvalue weighted by molar-refractivity contribution is -0.133. The first-order valence-corrected chi connectivity index (χ1v) is 8.00. The molecule has 2 N–H and O–H groups in total. The Balaban J connectivity index is 2.22. The van der Waals surface area contributed by atoms with E-state index in [1.54, 1.807) is 12.1 Å². The lowest BCUT2D eigenvalue weighted by Gasteiger charge is -2.14. The predicted molar refractivity (Wildman–Crippen MR) is 88.8 cm³/mol. The largest absolute Gasteiger partial charge is 0.506 e. The molecule has 0 atom stereocenters. The molecule has 3 aromatic rings. The molecular formula is C16H12N4O4S. The molecular weight excluding hydrogens is 344 g/mol. The summed E-state index contributed by atoms with van der Waals surface area (Å²) in [5.74, 6) is -0.558. The molecule has 0 saturated carbocycles. The van der Waals surface area contributed by atoms with Gasteiger partial charge in [0.1, 0.15) is 17.2 Å². The average molecular weight is 356 g/mol. The highest BCUT2D eigenvalue weighted by atomic mass is 32.2. The van der Waals surface area contributed by atoms with Gasteiger partial charge in [-0.1, -0.05) is 23.9 Å². The predicted octanol–water partition coefficient (Wildman–Crippen LogP) is 1.82. The van der Waals surface area contributed by atoms with Crippen LogP contribution >= 0.6 is 11.8 Å². The third kappa shape index (κ3) is 3.34. The van der Waals surface area contributed by atoms with E-state index in [1.807, 2.05) is 0 Å². The summed E-state index contributed by atoms with van der Waals surface area (Å²) in [7, 11) is 1.47. The van der Waals surface area contributed by atoms with E-state index in [9.17, 15) is 9.90 Å². The number of hydrogen-bond acceptors (Lipinski definition) is 7. The molecule has 8 nitrogen and oxygen atoms in total. The zero-order valence-corrected chi connectivity index (χ0v) is 13.8. The lowest BCUT2D eigenvalue weighted by atomic mass is 10.2. The van der Waals surface area contributed by atoms with Gasteiger partial charge < -0.3 is 14.9 Å². The third-order valence-corrected chi connectivity index (χ3v) is 4.08. The van der Waals surface area contributed by atoms with Gasteiger partial charge in [-0.25, -0.2) is 0 Å². The minimum absolute atomic E-state index is 0.0644. The summed E-state index contributed by atoms with van der Waals surface area (Å²) in [6, 6.07) is 10.4. The molecule has 0 saturated heterocycles. The first-order valence-electron chi connectivity index (χ1n) is 7.02. The average Bonchev–Trinajstić information content (AvgIpc) is 3.03. The van der Waals surface area contributed by atoms with E-state index in [2.05, 4.69) is 27.3 Å². The van der Waals surface area contributed by atoms with Crippen molar-refractivity contribution in [1.82, 2.24) is 19.7 Å². The molecule has 0 fully saturated rings. The van der Waals surface area contributed by atoms with Crippen LogP contribution in [0.5, 0.6) is 11.5 Å². The van der Waals surface area contributed by atoms with Gasteiger partial charge in [-0.2, -0.15) is 0 Å². The standard InChI is InChI=1S/C16H12N4O4S/c1-24-12-6-2-5-11(21)14(12)20-15(10-4-3-7-17-8-10)18-19-16(20)25-9-13(22)23/h2,5-8,21H,9H2,1H3,(H,22,23). The number of methoxy groups -OCH3 is 1. The number of rotatable bonds is 6. The first-order chi connectivity index (χ1) is 12.1. The van der Waals surface area contributed by atoms with Crippen LogP contribution in [0.25, 0.3) is 17.1 Å². The fraction of sp³-hybridized carbons (Fsp3) is 0.125. The quantitative estimate of drug-likeness (QED) is 0.644. The molecule has 25 heavy (non-hydrogen) atoms. The van der Waals surface area contributed by atoms with Gasteiger partial charge in [0.05, 0.1) is 24.6 Å². The number of hydrogen-bond donors (Lipinski definition) is 2. The number of aromatic hydroxyl groups is 1. The van der Waals surface area contributed by atoms with Crippen LogP contribution < -0.4 is 4.74 Å². The third-order valence-electron chi connectivity index (χ3n) is 3.17. The van der Waals surface area contributed by atoms with E-state index in [0.717, 1.165) is 11.8 Å². The lowest BCUT2D eigenvalue weighted by Crippen LogP contribution is -2.05. The van der Waals surface area contributed by atoms with Gasteiger partial charge >= 0.3 is 5.97 Å². The van der Waals surface area contributed by atoms with Crippen LogP contribution in [0.3, 0.4) is 0 Å². The van der Waals surface area contributed by atoms with E-state index in [4.69, 9.17) is 9.84 Å². The summed E-state index contributed by atoms with van der Waals surface area (Å²) in [5, 5.41) is 27.7. The van der Waals surface area contributed by atoms with Crippen molar-refractivity contribution in [2.45, 2.75) is 5.16 Å². The molecule has 0 aliphatic rings. The van der Waals surface area contributed by atoms with Gasteiger partial charge in [0.15, 0.2) is 11.0 Å².